The smallest absolute Gasteiger partial charge is 0.0336 e. The SMILES string of the molecule is [BH2-](c1ccccc1)P(c1ccccc1)c1ccccc1. The van der Waals surface area contributed by atoms with Crippen molar-refractivity contribution in [2.24, 2.45) is 0 Å². The Morgan fingerprint density at radius 3 is 1.35 bits per heavy atom. The van der Waals surface area contributed by atoms with Gasteiger partial charge in [0.25, 0.3) is 0 Å². The van der Waals surface area contributed by atoms with Crippen molar-refractivity contribution in [3.8, 4) is 0 Å². The Bertz CT molecular complexity index is 599. The van der Waals surface area contributed by atoms with E-state index in [0.717, 1.165) is 0 Å². The van der Waals surface area contributed by atoms with Crippen molar-refractivity contribution in [3.63, 3.8) is 0 Å². The molecular weight excluding hydrogens is 258 g/mol. The molecule has 20 heavy (non-hydrogen) atoms. The Kier molecular flexibility index (Phi) is 4.30. The molecule has 0 heterocycles. The average molecular weight is 275 g/mol. The van der Waals surface area contributed by atoms with E-state index < -0.39 is 0 Å². The van der Waals surface area contributed by atoms with E-state index in [-0.39, 0.29) is 14.8 Å². The maximum absolute atomic E-state index is 2.28. The third kappa shape index (κ3) is 3.18. The van der Waals surface area contributed by atoms with Gasteiger partial charge in [-0.15, -0.1) is 0 Å². The second-order valence-electron chi connectivity index (χ2n) is 5.11. The highest BCUT2D eigenvalue weighted by atomic mass is 31.1. The van der Waals surface area contributed by atoms with Gasteiger partial charge in [-0.25, -0.2) is 13.3 Å². The van der Waals surface area contributed by atoms with Crippen molar-refractivity contribution in [2.75, 3.05) is 0 Å². The van der Waals surface area contributed by atoms with Crippen LogP contribution < -0.4 is 16.1 Å². The first-order chi connectivity index (χ1) is 9.93. The van der Waals surface area contributed by atoms with Crippen molar-refractivity contribution < 1.29 is 0 Å². The molecule has 3 aromatic carbocycles. The van der Waals surface area contributed by atoms with Gasteiger partial charge in [-0.1, -0.05) is 102 Å². The van der Waals surface area contributed by atoms with Crippen LogP contribution in [0.15, 0.2) is 91.0 Å². The highest BCUT2D eigenvalue weighted by Crippen LogP contribution is 2.30. The van der Waals surface area contributed by atoms with Crippen LogP contribution in [0.4, 0.5) is 0 Å². The molecule has 2 heteroatoms. The Hall–Kier alpha value is -1.85. The van der Waals surface area contributed by atoms with Crippen LogP contribution in [0.3, 0.4) is 0 Å². The van der Waals surface area contributed by atoms with E-state index in [1.165, 1.54) is 16.1 Å². The zero-order chi connectivity index (χ0) is 13.6. The van der Waals surface area contributed by atoms with Crippen LogP contribution in [-0.2, 0) is 0 Å². The van der Waals surface area contributed by atoms with Gasteiger partial charge in [0.15, 0.2) is 0 Å². The fraction of sp³-hybridized carbons (Fsp3) is 0. The zero-order valence-electron chi connectivity index (χ0n) is 11.6. The molecule has 0 radical (unpaired) electrons. The monoisotopic (exact) mass is 275 g/mol. The van der Waals surface area contributed by atoms with Crippen LogP contribution in [0.25, 0.3) is 0 Å². The first-order valence-corrected chi connectivity index (χ1v) is 8.92. The molecule has 0 fully saturated rings. The van der Waals surface area contributed by atoms with Crippen molar-refractivity contribution in [1.82, 2.24) is 0 Å². The molecule has 0 unspecified atom stereocenters. The molecular formula is C18H17BP-. The summed E-state index contributed by atoms with van der Waals surface area (Å²) in [5.74, 6) is 0. The van der Waals surface area contributed by atoms with Crippen molar-refractivity contribution in [1.29, 1.82) is 0 Å². The molecule has 3 rings (SSSR count). The molecule has 0 N–H and O–H groups in total. The molecule has 0 atom stereocenters. The minimum Gasteiger partial charge on any atom is -0.217 e. The van der Waals surface area contributed by atoms with Gasteiger partial charge >= 0.3 is 0 Å². The largest absolute Gasteiger partial charge is 0.217 e. The lowest BCUT2D eigenvalue weighted by Gasteiger charge is -2.26. The predicted octanol–water partition coefficient (Wildman–Crippen LogP) is 2.53. The van der Waals surface area contributed by atoms with Crippen LogP contribution in [0, 0.1) is 0 Å². The van der Waals surface area contributed by atoms with E-state index in [1.807, 2.05) is 0 Å². The maximum atomic E-state index is 2.28. The van der Waals surface area contributed by atoms with E-state index >= 15 is 0 Å². The van der Waals surface area contributed by atoms with Gasteiger partial charge in [0.2, 0.25) is 0 Å². The Morgan fingerprint density at radius 1 is 0.500 bits per heavy atom. The number of hydrogen-bond donors (Lipinski definition) is 0. The first kappa shape index (κ1) is 13.2. The third-order valence-electron chi connectivity index (χ3n) is 3.71. The maximum Gasteiger partial charge on any atom is 0.0336 e. The van der Waals surface area contributed by atoms with Crippen LogP contribution >= 0.6 is 7.80 Å². The Balaban J connectivity index is 1.96. The van der Waals surface area contributed by atoms with Gasteiger partial charge in [-0.05, 0) is 0 Å². The average Bonchev–Trinajstić information content (AvgIpc) is 2.55. The lowest BCUT2D eigenvalue weighted by atomic mass is 9.95. The molecule has 0 aliphatic rings. The summed E-state index contributed by atoms with van der Waals surface area (Å²) in [5, 5.41) is 3.00. The van der Waals surface area contributed by atoms with Crippen LogP contribution in [0.1, 0.15) is 0 Å². The molecule has 0 saturated carbocycles. The molecule has 98 valence electrons. The molecule has 0 aliphatic carbocycles. The zero-order valence-corrected chi connectivity index (χ0v) is 12.5. The summed E-state index contributed by atoms with van der Waals surface area (Å²) < 4.78 is 0. The summed E-state index contributed by atoms with van der Waals surface area (Å²) >= 11 is 0. The van der Waals surface area contributed by atoms with Gasteiger partial charge in [-0.2, -0.15) is 0 Å². The molecule has 0 bridgehead atoms. The summed E-state index contributed by atoms with van der Waals surface area (Å²) in [5.41, 5.74) is 1.53. The second kappa shape index (κ2) is 6.54. The van der Waals surface area contributed by atoms with Gasteiger partial charge in [-0.3, -0.25) is 0 Å². The van der Waals surface area contributed by atoms with E-state index in [1.54, 1.807) is 0 Å². The molecule has 0 saturated heterocycles. The fourth-order valence-corrected chi connectivity index (χ4v) is 5.52. The lowest BCUT2D eigenvalue weighted by Crippen LogP contribution is -2.23. The van der Waals surface area contributed by atoms with Crippen molar-refractivity contribution in [2.45, 2.75) is 0 Å². The van der Waals surface area contributed by atoms with Gasteiger partial charge < -0.3 is 0 Å². The minimum atomic E-state index is -0.202. The quantitative estimate of drug-likeness (QED) is 0.507. The van der Waals surface area contributed by atoms with Crippen molar-refractivity contribution >= 4 is 30.9 Å². The Labute approximate surface area is 122 Å². The highest BCUT2D eigenvalue weighted by molar-refractivity contribution is 7.98. The minimum absolute atomic E-state index is 0.186. The first-order valence-electron chi connectivity index (χ1n) is 7.13. The summed E-state index contributed by atoms with van der Waals surface area (Å²) in [4.78, 5) is 0. The molecule has 3 aromatic rings. The van der Waals surface area contributed by atoms with E-state index in [2.05, 4.69) is 91.0 Å². The Morgan fingerprint density at radius 2 is 0.900 bits per heavy atom. The molecule has 0 nitrogen and oxygen atoms in total. The topological polar surface area (TPSA) is 0 Å². The molecule has 0 amide bonds. The number of hydrogen-bond acceptors (Lipinski definition) is 0. The van der Waals surface area contributed by atoms with Crippen LogP contribution in [-0.4, -0.2) is 7.00 Å². The standard InChI is InChI=1S/C18H17BP/c1-4-10-16(11-5-1)19-20(17-12-6-2-7-13-17)18-14-8-3-9-15-18/h1-15H,19H2/q-1. The van der Waals surface area contributed by atoms with Gasteiger partial charge in [0, 0.05) is 7.00 Å². The lowest BCUT2D eigenvalue weighted by molar-refractivity contribution is 1.75. The number of benzene rings is 3. The van der Waals surface area contributed by atoms with E-state index in [4.69, 9.17) is 0 Å². The van der Waals surface area contributed by atoms with Crippen LogP contribution in [0.2, 0.25) is 0 Å². The fourth-order valence-electron chi connectivity index (χ4n) is 2.65. The molecule has 0 aromatic heterocycles. The van der Waals surface area contributed by atoms with Crippen molar-refractivity contribution in [3.05, 3.63) is 91.0 Å². The predicted molar refractivity (Wildman–Crippen MR) is 93.7 cm³/mol. The van der Waals surface area contributed by atoms with Gasteiger partial charge in [0.1, 0.15) is 0 Å². The molecule has 0 aliphatic heterocycles. The summed E-state index contributed by atoms with van der Waals surface area (Å²) in [6.07, 6.45) is 0. The third-order valence-corrected chi connectivity index (χ3v) is 6.82. The summed E-state index contributed by atoms with van der Waals surface area (Å²) in [6.45, 7) is -0.186. The second-order valence-corrected chi connectivity index (χ2v) is 7.71. The van der Waals surface area contributed by atoms with Gasteiger partial charge in [0.05, 0.1) is 0 Å². The van der Waals surface area contributed by atoms with E-state index in [9.17, 15) is 0 Å². The summed E-state index contributed by atoms with van der Waals surface area (Å²) in [6, 6.07) is 32.9. The number of rotatable bonds is 4. The summed E-state index contributed by atoms with van der Waals surface area (Å²) in [7, 11) is -0.202. The van der Waals surface area contributed by atoms with Crippen LogP contribution in [0.5, 0.6) is 0 Å². The normalized spacial score (nSPS) is 10.7. The van der Waals surface area contributed by atoms with E-state index in [0.29, 0.717) is 0 Å². The molecule has 0 spiro atoms. The highest BCUT2D eigenvalue weighted by Gasteiger charge is 2.06.